The first kappa shape index (κ1) is 19.8. The fourth-order valence-electron chi connectivity index (χ4n) is 2.22. The SMILES string of the molecule is COc1cc(C(=O)OCC(=O)Nc2cccc(C#N)c2)ccc1OC(C)C. The Morgan fingerprint density at radius 2 is 1.93 bits per heavy atom. The lowest BCUT2D eigenvalue weighted by atomic mass is 10.2. The van der Waals surface area contributed by atoms with Gasteiger partial charge >= 0.3 is 5.97 Å². The standard InChI is InChI=1S/C20H20N2O5/c1-13(2)27-17-8-7-15(10-18(17)25-3)20(24)26-12-19(23)22-16-6-4-5-14(9-16)11-21/h4-10,13H,12H2,1-3H3,(H,22,23). The number of methoxy groups -OCH3 is 1. The van der Waals surface area contributed by atoms with Crippen LogP contribution >= 0.6 is 0 Å². The van der Waals surface area contributed by atoms with Crippen molar-refractivity contribution in [2.75, 3.05) is 19.0 Å². The topological polar surface area (TPSA) is 97.6 Å². The highest BCUT2D eigenvalue weighted by molar-refractivity contribution is 5.95. The van der Waals surface area contributed by atoms with Crippen molar-refractivity contribution in [3.05, 3.63) is 53.6 Å². The highest BCUT2D eigenvalue weighted by Crippen LogP contribution is 2.29. The molecule has 0 unspecified atom stereocenters. The quantitative estimate of drug-likeness (QED) is 0.754. The molecule has 0 aliphatic heterocycles. The second kappa shape index (κ2) is 9.25. The predicted molar refractivity (Wildman–Crippen MR) is 98.8 cm³/mol. The molecule has 0 aliphatic rings. The average molecular weight is 368 g/mol. The van der Waals surface area contributed by atoms with Crippen LogP contribution < -0.4 is 14.8 Å². The van der Waals surface area contributed by atoms with E-state index in [1.54, 1.807) is 24.3 Å². The van der Waals surface area contributed by atoms with Gasteiger partial charge in [-0.25, -0.2) is 4.79 Å². The van der Waals surface area contributed by atoms with Crippen LogP contribution in [0.2, 0.25) is 0 Å². The van der Waals surface area contributed by atoms with Crippen molar-refractivity contribution in [1.29, 1.82) is 5.26 Å². The number of nitrogens with one attached hydrogen (secondary N) is 1. The van der Waals surface area contributed by atoms with Crippen LogP contribution in [0.5, 0.6) is 11.5 Å². The molecule has 0 heterocycles. The van der Waals surface area contributed by atoms with Gasteiger partial charge in [0.1, 0.15) is 0 Å². The first-order valence-electron chi connectivity index (χ1n) is 8.24. The van der Waals surface area contributed by atoms with Gasteiger partial charge in [0, 0.05) is 5.69 Å². The number of benzene rings is 2. The first-order valence-corrected chi connectivity index (χ1v) is 8.24. The molecule has 2 aromatic rings. The lowest BCUT2D eigenvalue weighted by Crippen LogP contribution is -2.21. The van der Waals surface area contributed by atoms with Crippen LogP contribution in [0.25, 0.3) is 0 Å². The minimum absolute atomic E-state index is 0.0417. The van der Waals surface area contributed by atoms with E-state index < -0.39 is 18.5 Å². The van der Waals surface area contributed by atoms with E-state index in [9.17, 15) is 9.59 Å². The van der Waals surface area contributed by atoms with Gasteiger partial charge in [-0.2, -0.15) is 5.26 Å². The molecule has 0 saturated heterocycles. The molecule has 0 radical (unpaired) electrons. The van der Waals surface area contributed by atoms with Crippen LogP contribution in [-0.2, 0) is 9.53 Å². The van der Waals surface area contributed by atoms with E-state index in [2.05, 4.69) is 5.32 Å². The number of rotatable bonds is 7. The zero-order valence-corrected chi connectivity index (χ0v) is 15.3. The van der Waals surface area contributed by atoms with Gasteiger partial charge in [-0.1, -0.05) is 6.07 Å². The third-order valence-electron chi connectivity index (χ3n) is 3.37. The summed E-state index contributed by atoms with van der Waals surface area (Å²) in [6.45, 7) is 3.31. The smallest absolute Gasteiger partial charge is 0.338 e. The van der Waals surface area contributed by atoms with E-state index >= 15 is 0 Å². The molecule has 140 valence electrons. The summed E-state index contributed by atoms with van der Waals surface area (Å²) in [6, 6.07) is 13.1. The van der Waals surface area contributed by atoms with Crippen molar-refractivity contribution in [1.82, 2.24) is 0 Å². The Morgan fingerprint density at radius 1 is 1.15 bits per heavy atom. The molecule has 1 amide bonds. The zero-order valence-electron chi connectivity index (χ0n) is 15.3. The summed E-state index contributed by atoms with van der Waals surface area (Å²) in [5, 5.41) is 11.4. The number of hydrogen-bond donors (Lipinski definition) is 1. The average Bonchev–Trinajstić information content (AvgIpc) is 2.66. The van der Waals surface area contributed by atoms with E-state index in [0.29, 0.717) is 22.7 Å². The summed E-state index contributed by atoms with van der Waals surface area (Å²) in [7, 11) is 1.47. The van der Waals surface area contributed by atoms with Crippen molar-refractivity contribution in [3.8, 4) is 17.6 Å². The van der Waals surface area contributed by atoms with Crippen molar-refractivity contribution >= 4 is 17.6 Å². The summed E-state index contributed by atoms with van der Waals surface area (Å²) in [4.78, 5) is 24.1. The summed E-state index contributed by atoms with van der Waals surface area (Å²) < 4.78 is 15.8. The highest BCUT2D eigenvalue weighted by Gasteiger charge is 2.15. The van der Waals surface area contributed by atoms with Gasteiger partial charge in [0.15, 0.2) is 18.1 Å². The van der Waals surface area contributed by atoms with Crippen molar-refractivity contribution in [3.63, 3.8) is 0 Å². The molecular weight excluding hydrogens is 348 g/mol. The Hall–Kier alpha value is -3.53. The van der Waals surface area contributed by atoms with E-state index in [0.717, 1.165) is 0 Å². The van der Waals surface area contributed by atoms with Crippen LogP contribution in [-0.4, -0.2) is 31.7 Å². The molecule has 0 spiro atoms. The molecule has 7 heteroatoms. The highest BCUT2D eigenvalue weighted by atomic mass is 16.5. The molecule has 7 nitrogen and oxygen atoms in total. The van der Waals surface area contributed by atoms with Gasteiger partial charge in [-0.3, -0.25) is 4.79 Å². The third-order valence-corrected chi connectivity index (χ3v) is 3.37. The van der Waals surface area contributed by atoms with Crippen LogP contribution in [0, 0.1) is 11.3 Å². The van der Waals surface area contributed by atoms with Gasteiger partial charge in [0.05, 0.1) is 30.4 Å². The Bertz CT molecular complexity index is 871. The Kier molecular flexibility index (Phi) is 6.78. The molecule has 0 aliphatic carbocycles. The van der Waals surface area contributed by atoms with E-state index in [4.69, 9.17) is 19.5 Å². The largest absolute Gasteiger partial charge is 0.493 e. The number of esters is 1. The minimum Gasteiger partial charge on any atom is -0.493 e. The van der Waals surface area contributed by atoms with Crippen molar-refractivity contribution in [2.45, 2.75) is 20.0 Å². The number of nitriles is 1. The second-order valence-corrected chi connectivity index (χ2v) is 5.85. The molecule has 0 atom stereocenters. The molecule has 0 aromatic heterocycles. The molecular formula is C20H20N2O5. The van der Waals surface area contributed by atoms with Gasteiger partial charge in [0.2, 0.25) is 0 Å². The number of hydrogen-bond acceptors (Lipinski definition) is 6. The Labute approximate surface area is 157 Å². The van der Waals surface area contributed by atoms with E-state index in [-0.39, 0.29) is 11.7 Å². The Morgan fingerprint density at radius 3 is 2.59 bits per heavy atom. The molecule has 0 bridgehead atoms. The molecule has 2 aromatic carbocycles. The van der Waals surface area contributed by atoms with Gasteiger partial charge in [0.25, 0.3) is 5.91 Å². The van der Waals surface area contributed by atoms with Gasteiger partial charge in [-0.05, 0) is 50.2 Å². The van der Waals surface area contributed by atoms with Crippen LogP contribution in [0.3, 0.4) is 0 Å². The minimum atomic E-state index is -0.662. The maximum atomic E-state index is 12.2. The summed E-state index contributed by atoms with van der Waals surface area (Å²) in [5.74, 6) is -0.259. The summed E-state index contributed by atoms with van der Waals surface area (Å²) >= 11 is 0. The third kappa shape index (κ3) is 5.75. The predicted octanol–water partition coefficient (Wildman–Crippen LogP) is 3.15. The van der Waals surface area contributed by atoms with Crippen LogP contribution in [0.1, 0.15) is 29.8 Å². The molecule has 0 saturated carbocycles. The Balaban J connectivity index is 1.96. The lowest BCUT2D eigenvalue weighted by Gasteiger charge is -2.14. The van der Waals surface area contributed by atoms with Crippen molar-refractivity contribution < 1.29 is 23.8 Å². The number of ether oxygens (including phenoxy) is 3. The monoisotopic (exact) mass is 368 g/mol. The molecule has 1 N–H and O–H groups in total. The fourth-order valence-corrected chi connectivity index (χ4v) is 2.22. The van der Waals surface area contributed by atoms with E-state index in [1.807, 2.05) is 19.9 Å². The number of carbonyl (C=O) groups is 2. The summed E-state index contributed by atoms with van der Waals surface area (Å²) in [5.41, 5.74) is 1.11. The van der Waals surface area contributed by atoms with Crippen LogP contribution in [0.15, 0.2) is 42.5 Å². The molecule has 27 heavy (non-hydrogen) atoms. The zero-order chi connectivity index (χ0) is 19.8. The first-order chi connectivity index (χ1) is 12.9. The number of nitrogens with zero attached hydrogens (tertiary/aromatic N) is 1. The molecule has 2 rings (SSSR count). The summed E-state index contributed by atoms with van der Waals surface area (Å²) in [6.07, 6.45) is -0.0417. The maximum Gasteiger partial charge on any atom is 0.338 e. The fraction of sp³-hybridized carbons (Fsp3) is 0.250. The number of carbonyl (C=O) groups excluding carboxylic acids is 2. The maximum absolute atomic E-state index is 12.2. The normalized spacial score (nSPS) is 10.0. The van der Waals surface area contributed by atoms with Crippen LogP contribution in [0.4, 0.5) is 5.69 Å². The van der Waals surface area contributed by atoms with Gasteiger partial charge < -0.3 is 19.5 Å². The van der Waals surface area contributed by atoms with Gasteiger partial charge in [-0.15, -0.1) is 0 Å². The van der Waals surface area contributed by atoms with E-state index in [1.165, 1.54) is 25.3 Å². The lowest BCUT2D eigenvalue weighted by molar-refractivity contribution is -0.119. The second-order valence-electron chi connectivity index (χ2n) is 5.85. The van der Waals surface area contributed by atoms with Crippen molar-refractivity contribution in [2.24, 2.45) is 0 Å². The number of anilines is 1. The molecule has 0 fully saturated rings. The number of amides is 1.